The number of nitrogens with zero attached hydrogens (tertiary/aromatic N) is 3. The highest BCUT2D eigenvalue weighted by atomic mass is 16.5. The van der Waals surface area contributed by atoms with Gasteiger partial charge in [-0.05, 0) is 17.2 Å². The van der Waals surface area contributed by atoms with Gasteiger partial charge < -0.3 is 10.3 Å². The first kappa shape index (κ1) is 13.5. The monoisotopic (exact) mass is 280 g/mol. The molecule has 0 bridgehead atoms. The molecule has 0 aliphatic carbocycles. The molecule has 0 aliphatic heterocycles. The second kappa shape index (κ2) is 6.28. The molecule has 2 aromatic heterocycles. The second-order valence-corrected chi connectivity index (χ2v) is 4.86. The molecule has 1 unspecified atom stereocenters. The molecule has 2 N–H and O–H groups in total. The van der Waals surface area contributed by atoms with Crippen LogP contribution in [0.1, 0.15) is 28.9 Å². The standard InChI is InChI=1S/C16H16N4O/c17-14(13-6-2-1-3-7-13)10-16-19-15(20-21-16)9-12-5-4-8-18-11-12/h1-8,11,14H,9-10,17H2. The van der Waals surface area contributed by atoms with Gasteiger partial charge in [0.2, 0.25) is 5.89 Å². The third kappa shape index (κ3) is 3.52. The van der Waals surface area contributed by atoms with Crippen molar-refractivity contribution >= 4 is 0 Å². The van der Waals surface area contributed by atoms with Gasteiger partial charge in [-0.15, -0.1) is 0 Å². The second-order valence-electron chi connectivity index (χ2n) is 4.86. The van der Waals surface area contributed by atoms with Crippen LogP contribution in [0.5, 0.6) is 0 Å². The lowest BCUT2D eigenvalue weighted by Crippen LogP contribution is -2.13. The van der Waals surface area contributed by atoms with Crippen molar-refractivity contribution < 1.29 is 4.52 Å². The molecule has 0 saturated carbocycles. The molecule has 1 atom stereocenters. The van der Waals surface area contributed by atoms with E-state index in [0.29, 0.717) is 24.6 Å². The molecule has 0 fully saturated rings. The fraction of sp³-hybridized carbons (Fsp3) is 0.188. The van der Waals surface area contributed by atoms with E-state index in [9.17, 15) is 0 Å². The molecular weight excluding hydrogens is 264 g/mol. The maximum atomic E-state index is 6.15. The Kier molecular flexibility index (Phi) is 4.02. The van der Waals surface area contributed by atoms with E-state index < -0.39 is 0 Å². The van der Waals surface area contributed by atoms with Crippen LogP contribution in [-0.4, -0.2) is 15.1 Å². The van der Waals surface area contributed by atoms with Gasteiger partial charge in [0.15, 0.2) is 5.82 Å². The Balaban J connectivity index is 1.65. The van der Waals surface area contributed by atoms with E-state index in [-0.39, 0.29) is 6.04 Å². The topological polar surface area (TPSA) is 77.8 Å². The first-order valence-electron chi connectivity index (χ1n) is 6.82. The summed E-state index contributed by atoms with van der Waals surface area (Å²) in [6.45, 7) is 0. The Morgan fingerprint density at radius 2 is 1.95 bits per heavy atom. The summed E-state index contributed by atoms with van der Waals surface area (Å²) in [6, 6.07) is 13.6. The van der Waals surface area contributed by atoms with E-state index in [4.69, 9.17) is 10.3 Å². The van der Waals surface area contributed by atoms with Crippen molar-refractivity contribution in [1.82, 2.24) is 15.1 Å². The van der Waals surface area contributed by atoms with Gasteiger partial charge in [0.25, 0.3) is 0 Å². The van der Waals surface area contributed by atoms with Gasteiger partial charge in [-0.1, -0.05) is 41.6 Å². The third-order valence-corrected chi connectivity index (χ3v) is 3.22. The van der Waals surface area contributed by atoms with E-state index in [1.165, 1.54) is 0 Å². The van der Waals surface area contributed by atoms with E-state index in [1.54, 1.807) is 12.4 Å². The Hall–Kier alpha value is -2.53. The highest BCUT2D eigenvalue weighted by Crippen LogP contribution is 2.15. The SMILES string of the molecule is NC(Cc1nc(Cc2cccnc2)no1)c1ccccc1. The van der Waals surface area contributed by atoms with Crippen LogP contribution in [0.2, 0.25) is 0 Å². The lowest BCUT2D eigenvalue weighted by molar-refractivity contribution is 0.365. The zero-order chi connectivity index (χ0) is 14.5. The Bertz CT molecular complexity index is 682. The van der Waals surface area contributed by atoms with Crippen LogP contribution in [0.15, 0.2) is 59.4 Å². The maximum absolute atomic E-state index is 6.15. The zero-order valence-corrected chi connectivity index (χ0v) is 11.5. The van der Waals surface area contributed by atoms with Crippen molar-refractivity contribution in [2.45, 2.75) is 18.9 Å². The lowest BCUT2D eigenvalue weighted by atomic mass is 10.1. The molecule has 0 spiro atoms. The smallest absolute Gasteiger partial charge is 0.228 e. The van der Waals surface area contributed by atoms with Gasteiger partial charge in [-0.2, -0.15) is 4.98 Å². The Morgan fingerprint density at radius 1 is 1.10 bits per heavy atom. The minimum atomic E-state index is -0.141. The maximum Gasteiger partial charge on any atom is 0.228 e. The van der Waals surface area contributed by atoms with Crippen LogP contribution >= 0.6 is 0 Å². The van der Waals surface area contributed by atoms with Gasteiger partial charge in [-0.25, -0.2) is 0 Å². The van der Waals surface area contributed by atoms with Crippen molar-refractivity contribution in [1.29, 1.82) is 0 Å². The van der Waals surface area contributed by atoms with Crippen molar-refractivity contribution in [2.24, 2.45) is 5.73 Å². The molecule has 5 heteroatoms. The molecule has 2 heterocycles. The number of hydrogen-bond donors (Lipinski definition) is 1. The molecular formula is C16H16N4O. The van der Waals surface area contributed by atoms with Crippen LogP contribution in [0.4, 0.5) is 0 Å². The van der Waals surface area contributed by atoms with Gasteiger partial charge >= 0.3 is 0 Å². The van der Waals surface area contributed by atoms with Crippen molar-refractivity contribution in [3.8, 4) is 0 Å². The Labute approximate surface area is 122 Å². The third-order valence-electron chi connectivity index (χ3n) is 3.22. The number of aromatic nitrogens is 3. The summed E-state index contributed by atoms with van der Waals surface area (Å²) in [5.74, 6) is 1.21. The van der Waals surface area contributed by atoms with Crippen LogP contribution < -0.4 is 5.73 Å². The molecule has 0 aliphatic rings. The van der Waals surface area contributed by atoms with Crippen LogP contribution in [-0.2, 0) is 12.8 Å². The summed E-state index contributed by atoms with van der Waals surface area (Å²) in [5, 5.41) is 3.99. The number of nitrogens with two attached hydrogens (primary N) is 1. The number of hydrogen-bond acceptors (Lipinski definition) is 5. The van der Waals surface area contributed by atoms with E-state index in [0.717, 1.165) is 11.1 Å². The minimum absolute atomic E-state index is 0.141. The Morgan fingerprint density at radius 3 is 2.71 bits per heavy atom. The predicted octanol–water partition coefficient (Wildman–Crippen LogP) is 2.30. The summed E-state index contributed by atoms with van der Waals surface area (Å²) < 4.78 is 5.27. The first-order valence-corrected chi connectivity index (χ1v) is 6.82. The fourth-order valence-electron chi connectivity index (χ4n) is 2.14. The van der Waals surface area contributed by atoms with Crippen LogP contribution in [0.25, 0.3) is 0 Å². The van der Waals surface area contributed by atoms with E-state index in [1.807, 2.05) is 42.5 Å². The highest BCUT2D eigenvalue weighted by molar-refractivity contribution is 5.19. The molecule has 0 saturated heterocycles. The average molecular weight is 280 g/mol. The largest absolute Gasteiger partial charge is 0.339 e. The van der Waals surface area contributed by atoms with Crippen molar-refractivity contribution in [3.63, 3.8) is 0 Å². The van der Waals surface area contributed by atoms with Crippen LogP contribution in [0.3, 0.4) is 0 Å². The molecule has 5 nitrogen and oxygen atoms in total. The molecule has 3 rings (SSSR count). The molecule has 3 aromatic rings. The number of benzene rings is 1. The summed E-state index contributed by atoms with van der Waals surface area (Å²) in [7, 11) is 0. The van der Waals surface area contributed by atoms with Gasteiger partial charge in [0.05, 0.1) is 0 Å². The molecule has 0 radical (unpaired) electrons. The van der Waals surface area contributed by atoms with E-state index >= 15 is 0 Å². The molecule has 1 aromatic carbocycles. The molecule has 21 heavy (non-hydrogen) atoms. The highest BCUT2D eigenvalue weighted by Gasteiger charge is 2.13. The predicted molar refractivity (Wildman–Crippen MR) is 78.4 cm³/mol. The normalized spacial score (nSPS) is 12.2. The summed E-state index contributed by atoms with van der Waals surface area (Å²) in [4.78, 5) is 8.45. The van der Waals surface area contributed by atoms with Crippen molar-refractivity contribution in [3.05, 3.63) is 77.7 Å². The van der Waals surface area contributed by atoms with Gasteiger partial charge in [0, 0.05) is 31.3 Å². The summed E-state index contributed by atoms with van der Waals surface area (Å²) >= 11 is 0. The molecule has 106 valence electrons. The van der Waals surface area contributed by atoms with Crippen LogP contribution in [0, 0.1) is 0 Å². The zero-order valence-electron chi connectivity index (χ0n) is 11.5. The number of rotatable bonds is 5. The minimum Gasteiger partial charge on any atom is -0.339 e. The van der Waals surface area contributed by atoms with Gasteiger partial charge in [-0.3, -0.25) is 4.98 Å². The van der Waals surface area contributed by atoms with Crippen molar-refractivity contribution in [2.75, 3.05) is 0 Å². The number of pyridine rings is 1. The lowest BCUT2D eigenvalue weighted by Gasteiger charge is -2.08. The first-order chi connectivity index (χ1) is 10.3. The molecule has 0 amide bonds. The van der Waals surface area contributed by atoms with Gasteiger partial charge in [0.1, 0.15) is 0 Å². The summed E-state index contributed by atoms with van der Waals surface area (Å²) in [6.07, 6.45) is 4.68. The van der Waals surface area contributed by atoms with E-state index in [2.05, 4.69) is 15.1 Å². The quantitative estimate of drug-likeness (QED) is 0.776. The fourth-order valence-corrected chi connectivity index (χ4v) is 2.14. The average Bonchev–Trinajstić information content (AvgIpc) is 2.96. The summed E-state index contributed by atoms with van der Waals surface area (Å²) in [5.41, 5.74) is 8.26.